The predicted octanol–water partition coefficient (Wildman–Crippen LogP) is 1.68. The number of aliphatic hydroxyl groups excluding tert-OH is 1. The van der Waals surface area contributed by atoms with Crippen LogP contribution >= 0.6 is 0 Å². The van der Waals surface area contributed by atoms with E-state index in [0.717, 1.165) is 18.7 Å². The Bertz CT molecular complexity index is 475. The van der Waals surface area contributed by atoms with Crippen molar-refractivity contribution >= 4 is 0 Å². The first-order chi connectivity index (χ1) is 9.25. The first-order valence-corrected chi connectivity index (χ1v) is 6.42. The van der Waals surface area contributed by atoms with E-state index in [0.29, 0.717) is 6.54 Å². The Labute approximate surface area is 113 Å². The lowest BCUT2D eigenvalue weighted by Gasteiger charge is -2.20. The van der Waals surface area contributed by atoms with E-state index in [1.54, 1.807) is 18.6 Å². The van der Waals surface area contributed by atoms with E-state index in [9.17, 15) is 5.11 Å². The van der Waals surface area contributed by atoms with Crippen LogP contribution in [0, 0.1) is 0 Å². The number of likely N-dealkylation sites (N-methyl/N-ethyl adjacent to an activating group) is 1. The van der Waals surface area contributed by atoms with Gasteiger partial charge in [-0.2, -0.15) is 0 Å². The fourth-order valence-electron chi connectivity index (χ4n) is 1.92. The topological polar surface area (TPSA) is 49.2 Å². The first kappa shape index (κ1) is 13.6. The van der Waals surface area contributed by atoms with Gasteiger partial charge in [-0.3, -0.25) is 9.97 Å². The highest BCUT2D eigenvalue weighted by atomic mass is 16.3. The van der Waals surface area contributed by atoms with Crippen LogP contribution < -0.4 is 0 Å². The Morgan fingerprint density at radius 1 is 1.16 bits per heavy atom. The van der Waals surface area contributed by atoms with Crippen molar-refractivity contribution in [3.05, 3.63) is 60.2 Å². The van der Waals surface area contributed by atoms with Gasteiger partial charge >= 0.3 is 0 Å². The number of hydrogen-bond acceptors (Lipinski definition) is 4. The molecule has 0 amide bonds. The van der Waals surface area contributed by atoms with Gasteiger partial charge in [0.25, 0.3) is 0 Å². The molecule has 0 radical (unpaired) electrons. The molecule has 4 heteroatoms. The van der Waals surface area contributed by atoms with Crippen molar-refractivity contribution in [2.24, 2.45) is 0 Å². The van der Waals surface area contributed by atoms with Gasteiger partial charge in [-0.25, -0.2) is 0 Å². The molecule has 2 aromatic heterocycles. The average molecular weight is 257 g/mol. The van der Waals surface area contributed by atoms with Gasteiger partial charge in [-0.15, -0.1) is 0 Å². The van der Waals surface area contributed by atoms with Gasteiger partial charge in [0.2, 0.25) is 0 Å². The molecule has 19 heavy (non-hydrogen) atoms. The number of aliphatic hydroxyl groups is 1. The van der Waals surface area contributed by atoms with Crippen LogP contribution in [0.5, 0.6) is 0 Å². The van der Waals surface area contributed by atoms with Crippen LogP contribution in [0.1, 0.15) is 17.4 Å². The summed E-state index contributed by atoms with van der Waals surface area (Å²) in [4.78, 5) is 10.3. The summed E-state index contributed by atoms with van der Waals surface area (Å²) < 4.78 is 0. The molecule has 1 N–H and O–H groups in total. The maximum Gasteiger partial charge on any atom is 0.109 e. The Kier molecular flexibility index (Phi) is 5.01. The number of rotatable bonds is 6. The number of hydrogen-bond donors (Lipinski definition) is 1. The largest absolute Gasteiger partial charge is 0.385 e. The Morgan fingerprint density at radius 2 is 1.95 bits per heavy atom. The summed E-state index contributed by atoms with van der Waals surface area (Å²) in [5.74, 6) is 0. The number of aromatic nitrogens is 2. The van der Waals surface area contributed by atoms with Crippen LogP contribution in [-0.4, -0.2) is 40.1 Å². The molecule has 0 aliphatic rings. The van der Waals surface area contributed by atoms with Gasteiger partial charge in [-0.1, -0.05) is 6.07 Å². The predicted molar refractivity (Wildman–Crippen MR) is 74.6 cm³/mol. The van der Waals surface area contributed by atoms with Gasteiger partial charge in [0.05, 0.1) is 5.69 Å². The van der Waals surface area contributed by atoms with E-state index >= 15 is 0 Å². The summed E-state index contributed by atoms with van der Waals surface area (Å²) in [6.07, 6.45) is 5.73. The zero-order chi connectivity index (χ0) is 13.5. The molecule has 0 aliphatic carbocycles. The van der Waals surface area contributed by atoms with Gasteiger partial charge in [0.15, 0.2) is 0 Å². The summed E-state index contributed by atoms with van der Waals surface area (Å²) >= 11 is 0. The lowest BCUT2D eigenvalue weighted by atomic mass is 10.2. The summed E-state index contributed by atoms with van der Waals surface area (Å²) in [6.45, 7) is 1.48. The summed E-state index contributed by atoms with van der Waals surface area (Å²) in [7, 11) is 2.01. The lowest BCUT2D eigenvalue weighted by Crippen LogP contribution is -2.27. The minimum atomic E-state index is -0.538. The van der Waals surface area contributed by atoms with Crippen LogP contribution in [0.2, 0.25) is 0 Å². The third kappa shape index (κ3) is 4.43. The van der Waals surface area contributed by atoms with Crippen molar-refractivity contribution in [1.29, 1.82) is 0 Å². The highest BCUT2D eigenvalue weighted by Gasteiger charge is 2.11. The minimum absolute atomic E-state index is 0.538. The molecule has 0 fully saturated rings. The van der Waals surface area contributed by atoms with Gasteiger partial charge in [0, 0.05) is 31.7 Å². The third-order valence-corrected chi connectivity index (χ3v) is 3.05. The second-order valence-corrected chi connectivity index (χ2v) is 4.64. The Hall–Kier alpha value is -1.78. The highest BCUT2D eigenvalue weighted by molar-refractivity contribution is 5.10. The molecule has 0 bridgehead atoms. The molecule has 2 heterocycles. The highest BCUT2D eigenvalue weighted by Crippen LogP contribution is 2.10. The average Bonchev–Trinajstić information content (AvgIpc) is 2.47. The Morgan fingerprint density at radius 3 is 2.63 bits per heavy atom. The monoisotopic (exact) mass is 257 g/mol. The van der Waals surface area contributed by atoms with Crippen LogP contribution in [-0.2, 0) is 6.42 Å². The summed E-state index contributed by atoms with van der Waals surface area (Å²) in [5.41, 5.74) is 1.98. The van der Waals surface area contributed by atoms with Crippen LogP contribution in [0.4, 0.5) is 0 Å². The minimum Gasteiger partial charge on any atom is -0.385 e. The molecule has 4 nitrogen and oxygen atoms in total. The van der Waals surface area contributed by atoms with Crippen molar-refractivity contribution in [3.8, 4) is 0 Å². The van der Waals surface area contributed by atoms with Crippen molar-refractivity contribution in [3.63, 3.8) is 0 Å². The summed E-state index contributed by atoms with van der Waals surface area (Å²) in [6, 6.07) is 9.62. The van der Waals surface area contributed by atoms with Crippen molar-refractivity contribution < 1.29 is 5.11 Å². The molecule has 0 aromatic carbocycles. The van der Waals surface area contributed by atoms with Crippen LogP contribution in [0.25, 0.3) is 0 Å². The van der Waals surface area contributed by atoms with E-state index in [1.165, 1.54) is 5.56 Å². The molecule has 0 saturated heterocycles. The number of nitrogens with zero attached hydrogens (tertiary/aromatic N) is 3. The second kappa shape index (κ2) is 6.97. The SMILES string of the molecule is CN(CCc1ccncc1)CC(O)c1ccccn1. The lowest BCUT2D eigenvalue weighted by molar-refractivity contribution is 0.123. The van der Waals surface area contributed by atoms with Gasteiger partial charge in [-0.05, 0) is 43.3 Å². The zero-order valence-corrected chi connectivity index (χ0v) is 11.1. The van der Waals surface area contributed by atoms with E-state index in [1.807, 2.05) is 37.4 Å². The molecular formula is C15H19N3O. The molecule has 2 rings (SSSR count). The molecule has 1 atom stereocenters. The summed E-state index contributed by atoms with van der Waals surface area (Å²) in [5, 5.41) is 10.1. The van der Waals surface area contributed by atoms with Gasteiger partial charge < -0.3 is 10.0 Å². The number of pyridine rings is 2. The molecule has 0 saturated carbocycles. The maximum absolute atomic E-state index is 10.1. The van der Waals surface area contributed by atoms with Crippen molar-refractivity contribution in [2.75, 3.05) is 20.1 Å². The maximum atomic E-state index is 10.1. The quantitative estimate of drug-likeness (QED) is 0.855. The van der Waals surface area contributed by atoms with E-state index in [2.05, 4.69) is 14.9 Å². The molecule has 1 unspecified atom stereocenters. The van der Waals surface area contributed by atoms with E-state index in [4.69, 9.17) is 0 Å². The van der Waals surface area contributed by atoms with E-state index < -0.39 is 6.10 Å². The molecule has 0 spiro atoms. The smallest absolute Gasteiger partial charge is 0.109 e. The van der Waals surface area contributed by atoms with Crippen LogP contribution in [0.15, 0.2) is 48.9 Å². The molecular weight excluding hydrogens is 238 g/mol. The molecule has 0 aliphatic heterocycles. The Balaban J connectivity index is 1.80. The van der Waals surface area contributed by atoms with Crippen LogP contribution in [0.3, 0.4) is 0 Å². The molecule has 2 aromatic rings. The first-order valence-electron chi connectivity index (χ1n) is 6.42. The second-order valence-electron chi connectivity index (χ2n) is 4.64. The normalized spacial score (nSPS) is 12.6. The van der Waals surface area contributed by atoms with Crippen molar-refractivity contribution in [1.82, 2.24) is 14.9 Å². The standard InChI is InChI=1S/C15H19N3O/c1-18(11-7-13-5-9-16-10-6-13)12-15(19)14-4-2-3-8-17-14/h2-6,8-10,15,19H,7,11-12H2,1H3. The van der Waals surface area contributed by atoms with Crippen molar-refractivity contribution in [2.45, 2.75) is 12.5 Å². The van der Waals surface area contributed by atoms with Gasteiger partial charge in [0.1, 0.15) is 6.10 Å². The van der Waals surface area contributed by atoms with E-state index in [-0.39, 0.29) is 0 Å². The zero-order valence-electron chi connectivity index (χ0n) is 11.1. The fraction of sp³-hybridized carbons (Fsp3) is 0.333. The third-order valence-electron chi connectivity index (χ3n) is 3.05. The fourth-order valence-corrected chi connectivity index (χ4v) is 1.92. The molecule has 100 valence electrons.